The van der Waals surface area contributed by atoms with Crippen LogP contribution in [-0.2, 0) is 4.74 Å². The van der Waals surface area contributed by atoms with Gasteiger partial charge in [-0.1, -0.05) is 6.07 Å². The first kappa shape index (κ1) is 15.4. The van der Waals surface area contributed by atoms with Crippen molar-refractivity contribution < 1.29 is 19.4 Å². The highest BCUT2D eigenvalue weighted by atomic mass is 16.6. The number of nitrogens with one attached hydrogen (secondary N) is 2. The summed E-state index contributed by atoms with van der Waals surface area (Å²) in [5.41, 5.74) is 0.847. The SMILES string of the molecule is Cc1ccc(C(=O)NCC[NH+]2CCOCC2)cc1[N+](=O)[O-]. The number of nitro benzene ring substituents is 1. The van der Waals surface area contributed by atoms with Gasteiger partial charge in [-0.15, -0.1) is 0 Å². The number of carbonyl (C=O) groups excluding carboxylic acids is 1. The molecule has 2 N–H and O–H groups in total. The lowest BCUT2D eigenvalue weighted by molar-refractivity contribution is -0.906. The van der Waals surface area contributed by atoms with Crippen molar-refractivity contribution in [1.82, 2.24) is 5.32 Å². The predicted molar refractivity (Wildman–Crippen MR) is 76.5 cm³/mol. The Labute approximate surface area is 123 Å². The molecule has 0 spiro atoms. The third-order valence-electron chi connectivity index (χ3n) is 3.63. The highest BCUT2D eigenvalue weighted by molar-refractivity contribution is 5.94. The van der Waals surface area contributed by atoms with Crippen LogP contribution >= 0.6 is 0 Å². The summed E-state index contributed by atoms with van der Waals surface area (Å²) in [5, 5.41) is 13.7. The van der Waals surface area contributed by atoms with Gasteiger partial charge in [0.15, 0.2) is 0 Å². The molecule has 1 aliphatic rings. The second-order valence-corrected chi connectivity index (χ2v) is 5.13. The number of rotatable bonds is 5. The maximum absolute atomic E-state index is 12.0. The zero-order valence-corrected chi connectivity index (χ0v) is 12.1. The summed E-state index contributed by atoms with van der Waals surface area (Å²) in [7, 11) is 0. The molecule has 2 rings (SSSR count). The molecule has 114 valence electrons. The van der Waals surface area contributed by atoms with E-state index in [1.165, 1.54) is 11.0 Å². The Bertz CT molecular complexity index is 527. The monoisotopic (exact) mass is 294 g/mol. The largest absolute Gasteiger partial charge is 0.370 e. The van der Waals surface area contributed by atoms with E-state index in [4.69, 9.17) is 4.74 Å². The molecular formula is C14H20N3O4+. The van der Waals surface area contributed by atoms with E-state index < -0.39 is 4.92 Å². The third kappa shape index (κ3) is 4.24. The Morgan fingerprint density at radius 2 is 2.14 bits per heavy atom. The molecule has 0 unspecified atom stereocenters. The molecule has 0 saturated carbocycles. The first-order chi connectivity index (χ1) is 10.1. The smallest absolute Gasteiger partial charge is 0.273 e. The van der Waals surface area contributed by atoms with Gasteiger partial charge in [0.25, 0.3) is 11.6 Å². The molecule has 0 atom stereocenters. The number of aryl methyl sites for hydroxylation is 1. The lowest BCUT2D eigenvalue weighted by Crippen LogP contribution is -3.14. The normalized spacial score (nSPS) is 15.7. The standard InChI is InChI=1S/C14H19N3O4/c1-11-2-3-12(10-13(11)17(19)20)14(18)15-4-5-16-6-8-21-9-7-16/h2-3,10H,4-9H2,1H3,(H,15,18)/p+1. The number of benzene rings is 1. The second-order valence-electron chi connectivity index (χ2n) is 5.13. The van der Waals surface area contributed by atoms with Gasteiger partial charge >= 0.3 is 0 Å². The molecule has 1 aliphatic heterocycles. The van der Waals surface area contributed by atoms with Gasteiger partial charge in [-0.3, -0.25) is 14.9 Å². The highest BCUT2D eigenvalue weighted by Crippen LogP contribution is 2.18. The van der Waals surface area contributed by atoms with Crippen molar-refractivity contribution in [2.75, 3.05) is 39.4 Å². The number of morpholine rings is 1. The van der Waals surface area contributed by atoms with Crippen LogP contribution in [0, 0.1) is 17.0 Å². The number of ether oxygens (including phenoxy) is 1. The van der Waals surface area contributed by atoms with Crippen LogP contribution in [0.3, 0.4) is 0 Å². The number of nitro groups is 1. The van der Waals surface area contributed by atoms with Crippen LogP contribution in [0.1, 0.15) is 15.9 Å². The average Bonchev–Trinajstić information content (AvgIpc) is 2.48. The molecule has 0 aromatic heterocycles. The Morgan fingerprint density at radius 3 is 2.81 bits per heavy atom. The van der Waals surface area contributed by atoms with Crippen molar-refractivity contribution >= 4 is 11.6 Å². The molecule has 0 radical (unpaired) electrons. The number of hydrogen-bond donors (Lipinski definition) is 2. The van der Waals surface area contributed by atoms with E-state index in [9.17, 15) is 14.9 Å². The van der Waals surface area contributed by atoms with Crippen molar-refractivity contribution in [3.8, 4) is 0 Å². The zero-order valence-electron chi connectivity index (χ0n) is 12.1. The molecule has 1 saturated heterocycles. The summed E-state index contributed by atoms with van der Waals surface area (Å²) < 4.78 is 5.27. The summed E-state index contributed by atoms with van der Waals surface area (Å²) in [6.07, 6.45) is 0. The fourth-order valence-electron chi connectivity index (χ4n) is 2.31. The van der Waals surface area contributed by atoms with Crippen LogP contribution in [0.4, 0.5) is 5.69 Å². The minimum Gasteiger partial charge on any atom is -0.370 e. The fourth-order valence-corrected chi connectivity index (χ4v) is 2.31. The fraction of sp³-hybridized carbons (Fsp3) is 0.500. The van der Waals surface area contributed by atoms with Crippen molar-refractivity contribution in [2.45, 2.75) is 6.92 Å². The van der Waals surface area contributed by atoms with Gasteiger partial charge in [-0.25, -0.2) is 0 Å². The minimum atomic E-state index is -0.468. The summed E-state index contributed by atoms with van der Waals surface area (Å²) in [5.74, 6) is -0.272. The van der Waals surface area contributed by atoms with Gasteiger partial charge in [-0.2, -0.15) is 0 Å². The number of nitrogens with zero attached hydrogens (tertiary/aromatic N) is 1. The molecule has 0 bridgehead atoms. The molecular weight excluding hydrogens is 274 g/mol. The molecule has 0 aliphatic carbocycles. The summed E-state index contributed by atoms with van der Waals surface area (Å²) in [6.45, 7) is 6.46. The number of hydrogen-bond acceptors (Lipinski definition) is 4. The van der Waals surface area contributed by atoms with Crippen molar-refractivity contribution in [3.05, 3.63) is 39.4 Å². The first-order valence-corrected chi connectivity index (χ1v) is 7.02. The first-order valence-electron chi connectivity index (χ1n) is 7.02. The maximum atomic E-state index is 12.0. The topological polar surface area (TPSA) is 85.9 Å². The lowest BCUT2D eigenvalue weighted by Gasteiger charge is -2.23. The zero-order chi connectivity index (χ0) is 15.2. The number of amides is 1. The molecule has 1 amide bonds. The van der Waals surface area contributed by atoms with Crippen LogP contribution in [-0.4, -0.2) is 50.2 Å². The van der Waals surface area contributed by atoms with E-state index in [1.807, 2.05) is 0 Å². The van der Waals surface area contributed by atoms with Crippen LogP contribution in [0.25, 0.3) is 0 Å². The van der Waals surface area contributed by atoms with Gasteiger partial charge in [0.1, 0.15) is 13.1 Å². The van der Waals surface area contributed by atoms with Crippen molar-refractivity contribution in [1.29, 1.82) is 0 Å². The maximum Gasteiger partial charge on any atom is 0.273 e. The van der Waals surface area contributed by atoms with Crippen LogP contribution in [0.2, 0.25) is 0 Å². The predicted octanol–water partition coefficient (Wildman–Crippen LogP) is -0.452. The van der Waals surface area contributed by atoms with E-state index in [1.54, 1.807) is 19.1 Å². The summed E-state index contributed by atoms with van der Waals surface area (Å²) in [6, 6.07) is 4.53. The van der Waals surface area contributed by atoms with Crippen LogP contribution in [0.15, 0.2) is 18.2 Å². The third-order valence-corrected chi connectivity index (χ3v) is 3.63. The average molecular weight is 294 g/mol. The summed E-state index contributed by atoms with van der Waals surface area (Å²) in [4.78, 5) is 23.8. The molecule has 7 nitrogen and oxygen atoms in total. The van der Waals surface area contributed by atoms with Gasteiger partial charge in [0, 0.05) is 17.2 Å². The van der Waals surface area contributed by atoms with Crippen molar-refractivity contribution in [3.63, 3.8) is 0 Å². The minimum absolute atomic E-state index is 0.0264. The molecule has 1 aromatic rings. The van der Waals surface area contributed by atoms with Gasteiger partial charge in [0.2, 0.25) is 0 Å². The van der Waals surface area contributed by atoms with E-state index in [2.05, 4.69) is 5.32 Å². The van der Waals surface area contributed by atoms with Crippen LogP contribution in [0.5, 0.6) is 0 Å². The van der Waals surface area contributed by atoms with Gasteiger partial charge in [-0.05, 0) is 13.0 Å². The molecule has 7 heteroatoms. The number of quaternary nitrogens is 1. The van der Waals surface area contributed by atoms with E-state index in [-0.39, 0.29) is 11.6 Å². The summed E-state index contributed by atoms with van der Waals surface area (Å²) >= 11 is 0. The molecule has 21 heavy (non-hydrogen) atoms. The lowest BCUT2D eigenvalue weighted by atomic mass is 10.1. The van der Waals surface area contributed by atoms with E-state index in [0.717, 1.165) is 32.8 Å². The Balaban J connectivity index is 1.88. The molecule has 1 fully saturated rings. The highest BCUT2D eigenvalue weighted by Gasteiger charge is 2.16. The Morgan fingerprint density at radius 1 is 1.43 bits per heavy atom. The molecule has 1 heterocycles. The Kier molecular flexibility index (Phi) is 5.24. The van der Waals surface area contributed by atoms with Gasteiger partial charge < -0.3 is 15.0 Å². The number of carbonyl (C=O) groups is 1. The van der Waals surface area contributed by atoms with Crippen LogP contribution < -0.4 is 10.2 Å². The Hall–Kier alpha value is -1.99. The molecule has 1 aromatic carbocycles. The van der Waals surface area contributed by atoms with Crippen molar-refractivity contribution in [2.24, 2.45) is 0 Å². The van der Waals surface area contributed by atoms with E-state index in [0.29, 0.717) is 17.7 Å². The quantitative estimate of drug-likeness (QED) is 0.569. The van der Waals surface area contributed by atoms with Gasteiger partial charge in [0.05, 0.1) is 31.2 Å². The van der Waals surface area contributed by atoms with E-state index >= 15 is 0 Å². The second kappa shape index (κ2) is 7.14.